The minimum Gasteiger partial charge on any atom is -0.493 e. The van der Waals surface area contributed by atoms with Crippen molar-refractivity contribution in [1.82, 2.24) is 5.32 Å². The highest BCUT2D eigenvalue weighted by molar-refractivity contribution is 14.0. The van der Waals surface area contributed by atoms with Crippen LogP contribution in [0.15, 0.2) is 47.5 Å². The summed E-state index contributed by atoms with van der Waals surface area (Å²) in [6.45, 7) is 0.618. The molecule has 0 bridgehead atoms. The van der Waals surface area contributed by atoms with Gasteiger partial charge in [-0.2, -0.15) is 0 Å². The topological polar surface area (TPSA) is 78.1 Å². The van der Waals surface area contributed by atoms with Gasteiger partial charge in [-0.1, -0.05) is 24.3 Å². The number of nitrogens with two attached hydrogens (primary N) is 1. The van der Waals surface area contributed by atoms with E-state index in [4.69, 9.17) is 15.2 Å². The molecule has 0 saturated heterocycles. The van der Waals surface area contributed by atoms with Crippen molar-refractivity contribution in [2.45, 2.75) is 19.3 Å². The molecule has 2 aromatic carbocycles. The predicted molar refractivity (Wildman–Crippen MR) is 115 cm³/mol. The smallest absolute Gasteiger partial charge is 0.493 e. The van der Waals surface area contributed by atoms with Crippen LogP contribution in [0.5, 0.6) is 17.2 Å². The van der Waals surface area contributed by atoms with Crippen molar-refractivity contribution in [3.8, 4) is 17.2 Å². The third-order valence-electron chi connectivity index (χ3n) is 3.78. The monoisotopic (exact) mass is 525 g/mol. The summed E-state index contributed by atoms with van der Waals surface area (Å²) in [6.07, 6.45) is -4.44. The van der Waals surface area contributed by atoms with Crippen LogP contribution in [0.4, 0.5) is 13.2 Å². The Kier molecular flexibility index (Phi) is 9.86. The van der Waals surface area contributed by atoms with Gasteiger partial charge in [0.05, 0.1) is 20.8 Å². The second-order valence-corrected chi connectivity index (χ2v) is 5.72. The van der Waals surface area contributed by atoms with E-state index in [9.17, 15) is 13.2 Å². The quantitative estimate of drug-likeness (QED) is 0.311. The van der Waals surface area contributed by atoms with E-state index in [1.165, 1.54) is 12.1 Å². The molecular formula is C19H23F3IN3O3. The number of aliphatic imine (C=N–C) groups is 1. The van der Waals surface area contributed by atoms with Crippen LogP contribution in [0.1, 0.15) is 11.1 Å². The molecule has 0 amide bonds. The zero-order valence-corrected chi connectivity index (χ0v) is 18.3. The molecular weight excluding hydrogens is 502 g/mol. The molecule has 0 radical (unpaired) electrons. The lowest BCUT2D eigenvalue weighted by molar-refractivity contribution is -0.274. The second-order valence-electron chi connectivity index (χ2n) is 5.72. The molecule has 0 spiro atoms. The summed E-state index contributed by atoms with van der Waals surface area (Å²) in [4.78, 5) is 4.21. The third kappa shape index (κ3) is 8.26. The Morgan fingerprint density at radius 3 is 2.38 bits per heavy atom. The number of nitrogens with zero attached hydrogens (tertiary/aromatic N) is 1. The number of rotatable bonds is 8. The van der Waals surface area contributed by atoms with Crippen molar-refractivity contribution in [2.75, 3.05) is 20.8 Å². The van der Waals surface area contributed by atoms with Crippen LogP contribution in [-0.4, -0.2) is 33.1 Å². The van der Waals surface area contributed by atoms with Gasteiger partial charge in [-0.05, 0) is 35.7 Å². The molecule has 0 saturated carbocycles. The number of guanidine groups is 1. The van der Waals surface area contributed by atoms with E-state index in [2.05, 4.69) is 15.0 Å². The fourth-order valence-electron chi connectivity index (χ4n) is 2.47. The summed E-state index contributed by atoms with van der Waals surface area (Å²) in [6, 6.07) is 11.4. The zero-order chi connectivity index (χ0) is 20.6. The predicted octanol–water partition coefficient (Wildman–Crippen LogP) is 3.87. The number of hydrogen-bond acceptors (Lipinski definition) is 4. The standard InChI is InChI=1S/C19H22F3N3O3.HI/c1-26-16-8-7-13(11-17(16)27-2)12-25-18(23)24-10-9-14-5-3-4-6-15(14)28-19(20,21)22;/h3-8,11H,9-10,12H2,1-2H3,(H3,23,24,25);1H. The minimum atomic E-state index is -4.73. The van der Waals surface area contributed by atoms with Crippen LogP contribution in [0.2, 0.25) is 0 Å². The molecule has 0 aromatic heterocycles. The molecule has 160 valence electrons. The third-order valence-corrected chi connectivity index (χ3v) is 3.78. The highest BCUT2D eigenvalue weighted by atomic mass is 127. The van der Waals surface area contributed by atoms with Crippen LogP contribution >= 0.6 is 24.0 Å². The van der Waals surface area contributed by atoms with Gasteiger partial charge in [-0.25, -0.2) is 4.99 Å². The Hall–Kier alpha value is -2.37. The average molecular weight is 525 g/mol. The summed E-state index contributed by atoms with van der Waals surface area (Å²) < 4.78 is 51.8. The van der Waals surface area contributed by atoms with Gasteiger partial charge in [0.25, 0.3) is 0 Å². The largest absolute Gasteiger partial charge is 0.573 e. The second kappa shape index (κ2) is 11.6. The molecule has 0 aliphatic heterocycles. The van der Waals surface area contributed by atoms with Crippen LogP contribution < -0.4 is 25.3 Å². The summed E-state index contributed by atoms with van der Waals surface area (Å²) in [5.74, 6) is 1.16. The number of halogens is 4. The van der Waals surface area contributed by atoms with E-state index in [0.717, 1.165) is 5.56 Å². The molecule has 3 N–H and O–H groups in total. The van der Waals surface area contributed by atoms with Crippen molar-refractivity contribution in [3.63, 3.8) is 0 Å². The van der Waals surface area contributed by atoms with E-state index >= 15 is 0 Å². The minimum absolute atomic E-state index is 0. The summed E-state index contributed by atoms with van der Waals surface area (Å²) >= 11 is 0. The number of benzene rings is 2. The van der Waals surface area contributed by atoms with Crippen LogP contribution in [0, 0.1) is 0 Å². The van der Waals surface area contributed by atoms with Crippen LogP contribution in [0.25, 0.3) is 0 Å². The van der Waals surface area contributed by atoms with Gasteiger partial charge in [0.2, 0.25) is 0 Å². The van der Waals surface area contributed by atoms with Crippen molar-refractivity contribution in [2.24, 2.45) is 10.7 Å². The van der Waals surface area contributed by atoms with Crippen molar-refractivity contribution in [3.05, 3.63) is 53.6 Å². The summed E-state index contributed by atoms with van der Waals surface area (Å²) in [5.41, 5.74) is 7.11. The maximum atomic E-state index is 12.4. The lowest BCUT2D eigenvalue weighted by Crippen LogP contribution is -2.33. The Labute approximate surface area is 184 Å². The summed E-state index contributed by atoms with van der Waals surface area (Å²) in [5, 5.41) is 2.88. The molecule has 0 fully saturated rings. The molecule has 0 atom stereocenters. The summed E-state index contributed by atoms with van der Waals surface area (Å²) in [7, 11) is 3.09. The lowest BCUT2D eigenvalue weighted by atomic mass is 10.1. The van der Waals surface area contributed by atoms with E-state index in [-0.39, 0.29) is 35.7 Å². The van der Waals surface area contributed by atoms with Crippen LogP contribution in [-0.2, 0) is 13.0 Å². The number of hydrogen-bond donors (Lipinski definition) is 2. The maximum Gasteiger partial charge on any atom is 0.573 e. The van der Waals surface area contributed by atoms with Crippen molar-refractivity contribution >= 4 is 29.9 Å². The molecule has 0 heterocycles. The van der Waals surface area contributed by atoms with E-state index in [0.29, 0.717) is 36.6 Å². The van der Waals surface area contributed by atoms with Crippen LogP contribution in [0.3, 0.4) is 0 Å². The highest BCUT2D eigenvalue weighted by Crippen LogP contribution is 2.28. The first-order chi connectivity index (χ1) is 13.3. The van der Waals surface area contributed by atoms with Gasteiger partial charge in [0, 0.05) is 6.54 Å². The van der Waals surface area contributed by atoms with Crippen molar-refractivity contribution in [1.29, 1.82) is 0 Å². The molecule has 0 aliphatic rings. The van der Waals surface area contributed by atoms with Crippen molar-refractivity contribution < 1.29 is 27.4 Å². The highest BCUT2D eigenvalue weighted by Gasteiger charge is 2.31. The number of para-hydroxylation sites is 1. The van der Waals surface area contributed by atoms with Gasteiger partial charge < -0.3 is 25.3 Å². The number of ether oxygens (including phenoxy) is 3. The Balaban J connectivity index is 0.00000420. The fourth-order valence-corrected chi connectivity index (χ4v) is 2.47. The Morgan fingerprint density at radius 2 is 1.72 bits per heavy atom. The average Bonchev–Trinajstić information content (AvgIpc) is 2.66. The number of nitrogens with one attached hydrogen (secondary N) is 1. The first-order valence-corrected chi connectivity index (χ1v) is 8.40. The fraction of sp³-hybridized carbons (Fsp3) is 0.316. The first-order valence-electron chi connectivity index (χ1n) is 8.40. The molecule has 2 rings (SSSR count). The number of methoxy groups -OCH3 is 2. The zero-order valence-electron chi connectivity index (χ0n) is 16.0. The number of alkyl halides is 3. The first kappa shape index (κ1) is 24.7. The lowest BCUT2D eigenvalue weighted by Gasteiger charge is -2.13. The van der Waals surface area contributed by atoms with Gasteiger partial charge in [-0.15, -0.1) is 37.1 Å². The normalized spacial score (nSPS) is 11.4. The van der Waals surface area contributed by atoms with Gasteiger partial charge >= 0.3 is 6.36 Å². The molecule has 2 aromatic rings. The SMILES string of the molecule is COc1ccc(CN=C(N)NCCc2ccccc2OC(F)(F)F)cc1OC.I. The molecule has 0 aliphatic carbocycles. The molecule has 29 heavy (non-hydrogen) atoms. The molecule has 6 nitrogen and oxygen atoms in total. The molecule has 10 heteroatoms. The Bertz CT molecular complexity index is 817. The van der Waals surface area contributed by atoms with E-state index < -0.39 is 6.36 Å². The Morgan fingerprint density at radius 1 is 1.03 bits per heavy atom. The molecule has 0 unspecified atom stereocenters. The van der Waals surface area contributed by atoms with Gasteiger partial charge in [-0.3, -0.25) is 0 Å². The van der Waals surface area contributed by atoms with Gasteiger partial charge in [0.1, 0.15) is 5.75 Å². The van der Waals surface area contributed by atoms with Gasteiger partial charge in [0.15, 0.2) is 17.5 Å². The van der Waals surface area contributed by atoms with E-state index in [1.807, 2.05) is 6.07 Å². The maximum absolute atomic E-state index is 12.4. The van der Waals surface area contributed by atoms with E-state index in [1.54, 1.807) is 38.5 Å².